The third-order valence-corrected chi connectivity index (χ3v) is 4.12. The van der Waals surface area contributed by atoms with Crippen molar-refractivity contribution in [1.29, 1.82) is 0 Å². The van der Waals surface area contributed by atoms with E-state index in [-0.39, 0.29) is 10.5 Å². The fourth-order valence-corrected chi connectivity index (χ4v) is 2.63. The zero-order valence-corrected chi connectivity index (χ0v) is 10.9. The number of carbonyl (C=O) groups is 1. The lowest BCUT2D eigenvalue weighted by Gasteiger charge is -2.07. The maximum atomic E-state index is 11.2. The lowest BCUT2D eigenvalue weighted by atomic mass is 10.0. The number of carboxylic acid groups (broad SMARTS) is 1. The smallest absolute Gasteiger partial charge is 0.335 e. The van der Waals surface area contributed by atoms with Crippen LogP contribution in [0.5, 0.6) is 0 Å². The molecule has 94 valence electrons. The van der Waals surface area contributed by atoms with Gasteiger partial charge in [0.25, 0.3) is 9.05 Å². The van der Waals surface area contributed by atoms with Gasteiger partial charge in [0, 0.05) is 10.7 Å². The number of halogens is 1. The summed E-state index contributed by atoms with van der Waals surface area (Å²) in [6, 6.07) is 7.37. The van der Waals surface area contributed by atoms with Crippen molar-refractivity contribution in [3.05, 3.63) is 41.5 Å². The van der Waals surface area contributed by atoms with Crippen molar-refractivity contribution in [2.45, 2.75) is 11.8 Å². The van der Waals surface area contributed by atoms with Crippen LogP contribution in [0.1, 0.15) is 15.9 Å². The van der Waals surface area contributed by atoms with E-state index in [1.165, 1.54) is 18.2 Å². The van der Waals surface area contributed by atoms with Crippen molar-refractivity contribution < 1.29 is 18.3 Å². The second kappa shape index (κ2) is 4.26. The maximum Gasteiger partial charge on any atom is 0.335 e. The van der Waals surface area contributed by atoms with Crippen molar-refractivity contribution in [1.82, 2.24) is 0 Å². The Morgan fingerprint density at radius 2 is 1.89 bits per heavy atom. The normalized spacial score (nSPS) is 11.7. The highest BCUT2D eigenvalue weighted by Gasteiger charge is 2.13. The zero-order valence-electron chi connectivity index (χ0n) is 9.34. The molecule has 0 heterocycles. The molecule has 0 spiro atoms. The van der Waals surface area contributed by atoms with Crippen LogP contribution in [0.3, 0.4) is 0 Å². The van der Waals surface area contributed by atoms with Gasteiger partial charge in [-0.15, -0.1) is 0 Å². The van der Waals surface area contributed by atoms with Gasteiger partial charge in [-0.2, -0.15) is 0 Å². The minimum absolute atomic E-state index is 0.000795. The number of benzene rings is 2. The molecule has 2 aromatic rings. The van der Waals surface area contributed by atoms with Crippen molar-refractivity contribution in [2.24, 2.45) is 0 Å². The van der Waals surface area contributed by atoms with Gasteiger partial charge in [0.1, 0.15) is 0 Å². The molecular weight excluding hydrogens is 276 g/mol. The Morgan fingerprint density at radius 1 is 1.22 bits per heavy atom. The molecule has 0 unspecified atom stereocenters. The molecule has 2 aromatic carbocycles. The highest BCUT2D eigenvalue weighted by atomic mass is 35.7. The van der Waals surface area contributed by atoms with Gasteiger partial charge >= 0.3 is 5.97 Å². The predicted octanol–water partition coefficient (Wildman–Crippen LogP) is 2.77. The van der Waals surface area contributed by atoms with Gasteiger partial charge in [-0.05, 0) is 41.5 Å². The molecule has 1 N–H and O–H groups in total. The standard InChI is InChI=1S/C12H9ClO4S/c1-7-10-5-3-9(18(13,16)17)6-8(10)2-4-11(7)12(14)15/h2-6H,1H3,(H,14,15). The highest BCUT2D eigenvalue weighted by Crippen LogP contribution is 2.26. The van der Waals surface area contributed by atoms with E-state index in [4.69, 9.17) is 15.8 Å². The summed E-state index contributed by atoms with van der Waals surface area (Å²) in [5.74, 6) is -1.01. The van der Waals surface area contributed by atoms with Gasteiger partial charge in [-0.1, -0.05) is 12.1 Å². The van der Waals surface area contributed by atoms with Crippen LogP contribution < -0.4 is 0 Å². The number of hydrogen-bond acceptors (Lipinski definition) is 3. The van der Waals surface area contributed by atoms with E-state index in [1.54, 1.807) is 19.1 Å². The molecule has 0 aromatic heterocycles. The van der Waals surface area contributed by atoms with Crippen molar-refractivity contribution >= 4 is 36.5 Å². The van der Waals surface area contributed by atoms with Gasteiger partial charge in [-0.3, -0.25) is 0 Å². The first-order valence-corrected chi connectivity index (χ1v) is 7.33. The summed E-state index contributed by atoms with van der Waals surface area (Å²) in [4.78, 5) is 11.0. The van der Waals surface area contributed by atoms with Crippen molar-refractivity contribution in [3.8, 4) is 0 Å². The first-order valence-electron chi connectivity index (χ1n) is 5.02. The van der Waals surface area contributed by atoms with E-state index in [9.17, 15) is 13.2 Å². The molecule has 0 aliphatic rings. The summed E-state index contributed by atoms with van der Waals surface area (Å²) in [5, 5.41) is 10.3. The second-order valence-electron chi connectivity index (χ2n) is 3.86. The lowest BCUT2D eigenvalue weighted by Crippen LogP contribution is -2.00. The second-order valence-corrected chi connectivity index (χ2v) is 6.43. The number of hydrogen-bond donors (Lipinski definition) is 1. The lowest BCUT2D eigenvalue weighted by molar-refractivity contribution is 0.0696. The Balaban J connectivity index is 2.77. The number of fused-ring (bicyclic) bond motifs is 1. The van der Waals surface area contributed by atoms with Crippen LogP contribution in [0, 0.1) is 6.92 Å². The van der Waals surface area contributed by atoms with E-state index < -0.39 is 15.0 Å². The van der Waals surface area contributed by atoms with E-state index in [0.29, 0.717) is 16.3 Å². The summed E-state index contributed by atoms with van der Waals surface area (Å²) in [6.45, 7) is 1.68. The van der Waals surface area contributed by atoms with Crippen LogP contribution in [-0.2, 0) is 9.05 Å². The first kappa shape index (κ1) is 12.9. The van der Waals surface area contributed by atoms with E-state index in [0.717, 1.165) is 0 Å². The van der Waals surface area contributed by atoms with Crippen LogP contribution in [0.25, 0.3) is 10.8 Å². The van der Waals surface area contributed by atoms with Gasteiger partial charge in [-0.25, -0.2) is 13.2 Å². The molecule has 0 amide bonds. The molecule has 0 saturated heterocycles. The molecule has 4 nitrogen and oxygen atoms in total. The summed E-state index contributed by atoms with van der Waals surface area (Å²) in [7, 11) is 1.48. The number of rotatable bonds is 2. The average molecular weight is 285 g/mol. The van der Waals surface area contributed by atoms with Crippen LogP contribution >= 0.6 is 10.7 Å². The topological polar surface area (TPSA) is 71.4 Å². The number of aryl methyl sites for hydroxylation is 1. The molecule has 0 radical (unpaired) electrons. The van der Waals surface area contributed by atoms with Crippen LogP contribution in [0.15, 0.2) is 35.2 Å². The largest absolute Gasteiger partial charge is 0.478 e. The van der Waals surface area contributed by atoms with Crippen LogP contribution in [-0.4, -0.2) is 19.5 Å². The number of aromatic carboxylic acids is 1. The fourth-order valence-electron chi connectivity index (χ4n) is 1.85. The quantitative estimate of drug-likeness (QED) is 0.861. The minimum Gasteiger partial charge on any atom is -0.478 e. The third kappa shape index (κ3) is 2.19. The fraction of sp³-hybridized carbons (Fsp3) is 0.0833. The van der Waals surface area contributed by atoms with E-state index in [1.807, 2.05) is 0 Å². The molecule has 0 atom stereocenters. The third-order valence-electron chi connectivity index (χ3n) is 2.77. The Bertz CT molecular complexity index is 750. The molecule has 6 heteroatoms. The summed E-state index contributed by atoms with van der Waals surface area (Å²) < 4.78 is 22.4. The van der Waals surface area contributed by atoms with Gasteiger partial charge in [0.2, 0.25) is 0 Å². The molecule has 18 heavy (non-hydrogen) atoms. The molecule has 0 aliphatic carbocycles. The molecule has 0 saturated carbocycles. The Hall–Kier alpha value is -1.59. The van der Waals surface area contributed by atoms with Crippen LogP contribution in [0.4, 0.5) is 0 Å². The Morgan fingerprint density at radius 3 is 2.44 bits per heavy atom. The maximum absolute atomic E-state index is 11.2. The first-order chi connectivity index (χ1) is 8.30. The summed E-state index contributed by atoms with van der Waals surface area (Å²) in [5.41, 5.74) is 0.794. The molecule has 2 rings (SSSR count). The molecule has 0 aliphatic heterocycles. The minimum atomic E-state index is -3.78. The SMILES string of the molecule is Cc1c(C(=O)O)ccc2cc(S(=O)(=O)Cl)ccc12. The summed E-state index contributed by atoms with van der Waals surface area (Å²) >= 11 is 0. The molecule has 0 bridgehead atoms. The van der Waals surface area contributed by atoms with Crippen LogP contribution in [0.2, 0.25) is 0 Å². The van der Waals surface area contributed by atoms with Crippen molar-refractivity contribution in [3.63, 3.8) is 0 Å². The van der Waals surface area contributed by atoms with Gasteiger partial charge < -0.3 is 5.11 Å². The van der Waals surface area contributed by atoms with E-state index >= 15 is 0 Å². The average Bonchev–Trinajstić information content (AvgIpc) is 2.27. The Labute approximate surface area is 108 Å². The van der Waals surface area contributed by atoms with E-state index in [2.05, 4.69) is 0 Å². The zero-order chi connectivity index (χ0) is 13.5. The molecule has 0 fully saturated rings. The molecular formula is C12H9ClO4S. The van der Waals surface area contributed by atoms with Gasteiger partial charge in [0.05, 0.1) is 10.5 Å². The Kier molecular flexibility index (Phi) is 3.04. The highest BCUT2D eigenvalue weighted by molar-refractivity contribution is 8.13. The predicted molar refractivity (Wildman–Crippen MR) is 68.7 cm³/mol. The number of carboxylic acids is 1. The monoisotopic (exact) mass is 284 g/mol. The van der Waals surface area contributed by atoms with Gasteiger partial charge in [0.15, 0.2) is 0 Å². The summed E-state index contributed by atoms with van der Waals surface area (Å²) in [6.07, 6.45) is 0. The van der Waals surface area contributed by atoms with Crippen molar-refractivity contribution in [2.75, 3.05) is 0 Å².